The summed E-state index contributed by atoms with van der Waals surface area (Å²) in [6.45, 7) is 1.73. The molecule has 0 amide bonds. The molecule has 0 fully saturated rings. The lowest BCUT2D eigenvalue weighted by Crippen LogP contribution is -1.88. The largest absolute Gasteiger partial charge is 0.251 e. The molecule has 72 valence electrons. The lowest BCUT2D eigenvalue weighted by atomic mass is 10.2. The van der Waals surface area contributed by atoms with Gasteiger partial charge in [0.05, 0.1) is 21.3 Å². The van der Waals surface area contributed by atoms with Crippen LogP contribution in [0, 0.1) is 12.7 Å². The molecule has 1 aromatic heterocycles. The molecule has 4 heteroatoms. The van der Waals surface area contributed by atoms with Gasteiger partial charge in [0.25, 0.3) is 0 Å². The summed E-state index contributed by atoms with van der Waals surface area (Å²) < 4.78 is 12.9. The molecule has 1 heterocycles. The summed E-state index contributed by atoms with van der Waals surface area (Å²) in [6.07, 6.45) is 0. The Kier molecular flexibility index (Phi) is 2.33. The van der Waals surface area contributed by atoms with Crippen molar-refractivity contribution in [1.82, 2.24) is 4.98 Å². The number of aryl methyl sites for hydroxylation is 1. The van der Waals surface area contributed by atoms with Crippen molar-refractivity contribution in [1.29, 1.82) is 0 Å². The van der Waals surface area contributed by atoms with Crippen LogP contribution in [0.5, 0.6) is 0 Å². The van der Waals surface area contributed by atoms with Crippen molar-refractivity contribution in [2.75, 3.05) is 0 Å². The molecule has 0 aliphatic carbocycles. The second kappa shape index (κ2) is 3.37. The van der Waals surface area contributed by atoms with Crippen molar-refractivity contribution in [3.8, 4) is 0 Å². The van der Waals surface area contributed by atoms with E-state index in [4.69, 9.17) is 23.2 Å². The second-order valence-electron chi connectivity index (χ2n) is 2.99. The Morgan fingerprint density at radius 2 is 1.93 bits per heavy atom. The Labute approximate surface area is 90.5 Å². The second-order valence-corrected chi connectivity index (χ2v) is 3.74. The minimum absolute atomic E-state index is 0.331. The smallest absolute Gasteiger partial charge is 0.125 e. The fourth-order valence-electron chi connectivity index (χ4n) is 1.29. The predicted octanol–water partition coefficient (Wildman–Crippen LogP) is 3.99. The van der Waals surface area contributed by atoms with Gasteiger partial charge in [0.15, 0.2) is 0 Å². The monoisotopic (exact) mass is 229 g/mol. The van der Waals surface area contributed by atoms with Gasteiger partial charge in [-0.2, -0.15) is 0 Å². The zero-order valence-electron chi connectivity index (χ0n) is 7.31. The highest BCUT2D eigenvalue weighted by molar-refractivity contribution is 6.45. The molecule has 0 saturated heterocycles. The lowest BCUT2D eigenvalue weighted by Gasteiger charge is -2.04. The standard InChI is InChI=1S/C10H6Cl2FN/c1-5-9(11)10(12)7-3-2-6(13)4-8(7)14-5/h2-4H,1H3. The van der Waals surface area contributed by atoms with Gasteiger partial charge in [0.2, 0.25) is 0 Å². The van der Waals surface area contributed by atoms with Crippen molar-refractivity contribution >= 4 is 34.1 Å². The number of hydrogen-bond donors (Lipinski definition) is 0. The van der Waals surface area contributed by atoms with Gasteiger partial charge in [-0.25, -0.2) is 4.39 Å². The third kappa shape index (κ3) is 1.45. The van der Waals surface area contributed by atoms with Crippen LogP contribution in [0.2, 0.25) is 10.0 Å². The molecular weight excluding hydrogens is 224 g/mol. The number of aromatic nitrogens is 1. The van der Waals surface area contributed by atoms with E-state index in [-0.39, 0.29) is 5.82 Å². The molecule has 1 aromatic carbocycles. The molecular formula is C10H6Cl2FN. The predicted molar refractivity (Wildman–Crippen MR) is 56.5 cm³/mol. The topological polar surface area (TPSA) is 12.9 Å². The van der Waals surface area contributed by atoms with E-state index in [1.807, 2.05) is 0 Å². The first-order chi connectivity index (χ1) is 6.59. The van der Waals surface area contributed by atoms with Crippen molar-refractivity contribution in [2.24, 2.45) is 0 Å². The number of nitrogens with zero attached hydrogens (tertiary/aromatic N) is 1. The summed E-state index contributed by atoms with van der Waals surface area (Å²) >= 11 is 11.9. The Bertz CT molecular complexity index is 511. The fourth-order valence-corrected chi connectivity index (χ4v) is 1.73. The first kappa shape index (κ1) is 9.69. The third-order valence-corrected chi connectivity index (χ3v) is 2.95. The minimum atomic E-state index is -0.331. The maximum absolute atomic E-state index is 12.9. The summed E-state index contributed by atoms with van der Waals surface area (Å²) in [6, 6.07) is 4.25. The summed E-state index contributed by atoms with van der Waals surface area (Å²) in [5.74, 6) is -0.331. The number of pyridine rings is 1. The average molecular weight is 230 g/mol. The van der Waals surface area contributed by atoms with Crippen LogP contribution in [0.3, 0.4) is 0 Å². The SMILES string of the molecule is Cc1nc2cc(F)ccc2c(Cl)c1Cl. The molecule has 0 spiro atoms. The average Bonchev–Trinajstić information content (AvgIpc) is 2.14. The highest BCUT2D eigenvalue weighted by atomic mass is 35.5. The van der Waals surface area contributed by atoms with Crippen LogP contribution in [0.1, 0.15) is 5.69 Å². The Hall–Kier alpha value is -0.860. The maximum atomic E-state index is 12.9. The van der Waals surface area contributed by atoms with Gasteiger partial charge in [0.1, 0.15) is 5.82 Å². The van der Waals surface area contributed by atoms with Crippen LogP contribution in [-0.4, -0.2) is 4.98 Å². The zero-order valence-corrected chi connectivity index (χ0v) is 8.83. The van der Waals surface area contributed by atoms with Gasteiger partial charge in [0, 0.05) is 11.5 Å². The van der Waals surface area contributed by atoms with E-state index in [9.17, 15) is 4.39 Å². The van der Waals surface area contributed by atoms with Gasteiger partial charge in [-0.15, -0.1) is 0 Å². The lowest BCUT2D eigenvalue weighted by molar-refractivity contribution is 0.629. The number of rotatable bonds is 0. The van der Waals surface area contributed by atoms with E-state index >= 15 is 0 Å². The number of fused-ring (bicyclic) bond motifs is 1. The number of benzene rings is 1. The molecule has 14 heavy (non-hydrogen) atoms. The molecule has 0 unspecified atom stereocenters. The van der Waals surface area contributed by atoms with E-state index in [1.54, 1.807) is 13.0 Å². The van der Waals surface area contributed by atoms with Crippen molar-refractivity contribution in [3.05, 3.63) is 39.8 Å². The van der Waals surface area contributed by atoms with Crippen LogP contribution in [0.25, 0.3) is 10.9 Å². The summed E-state index contributed by atoms with van der Waals surface area (Å²) in [5.41, 5.74) is 1.13. The van der Waals surface area contributed by atoms with E-state index in [0.29, 0.717) is 26.6 Å². The fraction of sp³-hybridized carbons (Fsp3) is 0.100. The molecule has 0 bridgehead atoms. The molecule has 0 aliphatic heterocycles. The van der Waals surface area contributed by atoms with Gasteiger partial charge in [-0.1, -0.05) is 23.2 Å². The number of halogens is 3. The first-order valence-corrected chi connectivity index (χ1v) is 4.76. The maximum Gasteiger partial charge on any atom is 0.125 e. The molecule has 2 aromatic rings. The van der Waals surface area contributed by atoms with Crippen molar-refractivity contribution in [3.63, 3.8) is 0 Å². The Morgan fingerprint density at radius 3 is 2.64 bits per heavy atom. The van der Waals surface area contributed by atoms with Crippen molar-refractivity contribution in [2.45, 2.75) is 6.92 Å². The number of hydrogen-bond acceptors (Lipinski definition) is 1. The minimum Gasteiger partial charge on any atom is -0.251 e. The highest BCUT2D eigenvalue weighted by Crippen LogP contribution is 2.31. The van der Waals surface area contributed by atoms with Gasteiger partial charge in [-0.05, 0) is 19.1 Å². The Balaban J connectivity index is 2.91. The third-order valence-electron chi connectivity index (χ3n) is 1.99. The van der Waals surface area contributed by atoms with Crippen LogP contribution >= 0.6 is 23.2 Å². The van der Waals surface area contributed by atoms with E-state index in [1.165, 1.54) is 12.1 Å². The Morgan fingerprint density at radius 1 is 1.21 bits per heavy atom. The molecule has 2 rings (SSSR count). The molecule has 1 nitrogen and oxygen atoms in total. The summed E-state index contributed by atoms with van der Waals surface area (Å²) in [7, 11) is 0. The molecule has 0 N–H and O–H groups in total. The van der Waals surface area contributed by atoms with Crippen LogP contribution in [-0.2, 0) is 0 Å². The van der Waals surface area contributed by atoms with Gasteiger partial charge >= 0.3 is 0 Å². The van der Waals surface area contributed by atoms with Gasteiger partial charge in [-0.3, -0.25) is 4.98 Å². The summed E-state index contributed by atoms with van der Waals surface area (Å²) in [4.78, 5) is 4.14. The first-order valence-electron chi connectivity index (χ1n) is 4.00. The summed E-state index contributed by atoms with van der Waals surface area (Å²) in [5, 5.41) is 1.52. The molecule has 0 radical (unpaired) electrons. The van der Waals surface area contributed by atoms with Gasteiger partial charge < -0.3 is 0 Å². The van der Waals surface area contributed by atoms with Crippen LogP contribution in [0.15, 0.2) is 18.2 Å². The van der Waals surface area contributed by atoms with Crippen LogP contribution in [0.4, 0.5) is 4.39 Å². The molecule has 0 atom stereocenters. The van der Waals surface area contributed by atoms with E-state index < -0.39 is 0 Å². The van der Waals surface area contributed by atoms with E-state index in [0.717, 1.165) is 0 Å². The van der Waals surface area contributed by atoms with Crippen LogP contribution < -0.4 is 0 Å². The van der Waals surface area contributed by atoms with E-state index in [2.05, 4.69) is 4.98 Å². The quantitative estimate of drug-likeness (QED) is 0.666. The highest BCUT2D eigenvalue weighted by Gasteiger charge is 2.09. The molecule has 0 aliphatic rings. The van der Waals surface area contributed by atoms with Crippen molar-refractivity contribution < 1.29 is 4.39 Å². The zero-order chi connectivity index (χ0) is 10.3. The normalized spacial score (nSPS) is 10.9. The molecule has 0 saturated carbocycles.